The molecule has 1 fully saturated rings. The fourth-order valence-electron chi connectivity index (χ4n) is 3.75. The average molecular weight is 398 g/mol. The lowest BCUT2D eigenvalue weighted by Crippen LogP contribution is -2.20. The van der Waals surface area contributed by atoms with Crippen LogP contribution in [0.5, 0.6) is 5.75 Å². The van der Waals surface area contributed by atoms with Gasteiger partial charge >= 0.3 is 0 Å². The number of hydrogen-bond donors (Lipinski definition) is 1. The maximum Gasteiger partial charge on any atom is 0.225 e. The van der Waals surface area contributed by atoms with Gasteiger partial charge in [-0.25, -0.2) is 4.68 Å². The summed E-state index contributed by atoms with van der Waals surface area (Å²) in [4.78, 5) is 23.9. The third-order valence-electron chi connectivity index (χ3n) is 5.42. The third-order valence-corrected chi connectivity index (χ3v) is 5.42. The van der Waals surface area contributed by atoms with E-state index in [1.807, 2.05) is 29.8 Å². The molecule has 6 heteroatoms. The molecule has 0 bridgehead atoms. The van der Waals surface area contributed by atoms with E-state index in [1.54, 1.807) is 18.3 Å². The van der Waals surface area contributed by atoms with Crippen LogP contribution >= 0.6 is 0 Å². The number of ether oxygens (including phenoxy) is 1. The lowest BCUT2D eigenvalue weighted by atomic mass is 9.96. The summed E-state index contributed by atoms with van der Waals surface area (Å²) in [5.74, 6) is 1.70. The molecule has 0 unspecified atom stereocenters. The standard InChI is InChI=1S/C23H31N3O3/c1-2-21(27)18-11-13-20(14-12-18)29-17-7-6-10-23(28)25-22-15-16-24-26(22)19-8-4-3-5-9-19/h11-16,19H,2-10,17H2,1H3,(H,25,28). The number of nitrogens with zero attached hydrogens (tertiary/aromatic N) is 2. The van der Waals surface area contributed by atoms with Crippen molar-refractivity contribution in [2.75, 3.05) is 11.9 Å². The van der Waals surface area contributed by atoms with E-state index in [9.17, 15) is 9.59 Å². The molecule has 29 heavy (non-hydrogen) atoms. The van der Waals surface area contributed by atoms with Crippen LogP contribution in [0.15, 0.2) is 36.5 Å². The quantitative estimate of drug-likeness (QED) is 0.443. The predicted molar refractivity (Wildman–Crippen MR) is 113 cm³/mol. The van der Waals surface area contributed by atoms with E-state index in [0.29, 0.717) is 31.1 Å². The minimum atomic E-state index is 0.0185. The summed E-state index contributed by atoms with van der Waals surface area (Å²) in [6, 6.07) is 9.52. The molecule has 1 aliphatic rings. The van der Waals surface area contributed by atoms with Crippen LogP contribution in [-0.2, 0) is 4.79 Å². The number of rotatable bonds is 10. The van der Waals surface area contributed by atoms with E-state index in [-0.39, 0.29) is 11.7 Å². The molecule has 1 aromatic carbocycles. The normalized spacial score (nSPS) is 14.5. The lowest BCUT2D eigenvalue weighted by Gasteiger charge is -2.23. The summed E-state index contributed by atoms with van der Waals surface area (Å²) >= 11 is 0. The maximum absolute atomic E-state index is 12.3. The van der Waals surface area contributed by atoms with Gasteiger partial charge in [0.25, 0.3) is 0 Å². The summed E-state index contributed by atoms with van der Waals surface area (Å²) in [6.07, 6.45) is 10.3. The Kier molecular flexibility index (Phi) is 7.85. The van der Waals surface area contributed by atoms with Crippen molar-refractivity contribution >= 4 is 17.5 Å². The van der Waals surface area contributed by atoms with Gasteiger partial charge in [0.05, 0.1) is 18.8 Å². The second-order valence-electron chi connectivity index (χ2n) is 7.61. The minimum Gasteiger partial charge on any atom is -0.494 e. The largest absolute Gasteiger partial charge is 0.494 e. The van der Waals surface area contributed by atoms with Crippen molar-refractivity contribution in [1.82, 2.24) is 9.78 Å². The third kappa shape index (κ3) is 6.17. The molecule has 1 N–H and O–H groups in total. The van der Waals surface area contributed by atoms with Crippen molar-refractivity contribution in [2.45, 2.75) is 70.8 Å². The SMILES string of the molecule is CCC(=O)c1ccc(OCCCCC(=O)Nc2ccnn2C2CCCCC2)cc1. The second kappa shape index (κ2) is 10.8. The molecule has 0 aliphatic heterocycles. The van der Waals surface area contributed by atoms with E-state index < -0.39 is 0 Å². The van der Waals surface area contributed by atoms with Gasteiger partial charge < -0.3 is 10.1 Å². The topological polar surface area (TPSA) is 73.2 Å². The highest BCUT2D eigenvalue weighted by molar-refractivity contribution is 5.95. The Morgan fingerprint density at radius 1 is 1.10 bits per heavy atom. The highest BCUT2D eigenvalue weighted by atomic mass is 16.5. The number of carbonyl (C=O) groups excluding carboxylic acids is 2. The Morgan fingerprint density at radius 2 is 1.86 bits per heavy atom. The van der Waals surface area contributed by atoms with E-state index in [0.717, 1.165) is 37.3 Å². The average Bonchev–Trinajstić information content (AvgIpc) is 3.22. The Hall–Kier alpha value is -2.63. The van der Waals surface area contributed by atoms with Gasteiger partial charge in [-0.05, 0) is 49.9 Å². The number of benzene rings is 1. The van der Waals surface area contributed by atoms with Crippen LogP contribution in [0, 0.1) is 0 Å². The highest BCUT2D eigenvalue weighted by Gasteiger charge is 2.19. The molecule has 1 amide bonds. The van der Waals surface area contributed by atoms with Gasteiger partial charge in [-0.15, -0.1) is 0 Å². The smallest absolute Gasteiger partial charge is 0.225 e. The molecule has 1 aromatic heterocycles. The summed E-state index contributed by atoms with van der Waals surface area (Å²) in [7, 11) is 0. The van der Waals surface area contributed by atoms with E-state index in [1.165, 1.54) is 19.3 Å². The van der Waals surface area contributed by atoms with Gasteiger partial charge in [0.1, 0.15) is 11.6 Å². The first kappa shape index (κ1) is 21.1. The zero-order valence-electron chi connectivity index (χ0n) is 17.2. The fourth-order valence-corrected chi connectivity index (χ4v) is 3.75. The maximum atomic E-state index is 12.3. The number of carbonyl (C=O) groups is 2. The number of anilines is 1. The first-order chi connectivity index (χ1) is 14.2. The van der Waals surface area contributed by atoms with E-state index in [4.69, 9.17) is 4.74 Å². The molecule has 0 spiro atoms. The van der Waals surface area contributed by atoms with Crippen LogP contribution in [0.3, 0.4) is 0 Å². The van der Waals surface area contributed by atoms with Crippen LogP contribution < -0.4 is 10.1 Å². The molecular weight excluding hydrogens is 366 g/mol. The van der Waals surface area contributed by atoms with Gasteiger partial charge in [0, 0.05) is 24.5 Å². The molecule has 6 nitrogen and oxygen atoms in total. The summed E-state index contributed by atoms with van der Waals surface area (Å²) in [6.45, 7) is 2.40. The molecular formula is C23H31N3O3. The van der Waals surface area contributed by atoms with Crippen molar-refractivity contribution < 1.29 is 14.3 Å². The van der Waals surface area contributed by atoms with Gasteiger partial charge in [-0.3, -0.25) is 9.59 Å². The van der Waals surface area contributed by atoms with Gasteiger partial charge in [-0.2, -0.15) is 5.10 Å². The monoisotopic (exact) mass is 397 g/mol. The van der Waals surface area contributed by atoms with Crippen molar-refractivity contribution in [3.63, 3.8) is 0 Å². The van der Waals surface area contributed by atoms with Crippen molar-refractivity contribution in [3.05, 3.63) is 42.1 Å². The van der Waals surface area contributed by atoms with Crippen molar-refractivity contribution in [3.8, 4) is 5.75 Å². The summed E-state index contributed by atoms with van der Waals surface area (Å²) < 4.78 is 7.68. The zero-order chi connectivity index (χ0) is 20.5. The molecule has 156 valence electrons. The summed E-state index contributed by atoms with van der Waals surface area (Å²) in [5, 5.41) is 7.43. The van der Waals surface area contributed by atoms with Crippen LogP contribution in [0.2, 0.25) is 0 Å². The highest BCUT2D eigenvalue weighted by Crippen LogP contribution is 2.29. The van der Waals surface area contributed by atoms with Crippen LogP contribution in [0.4, 0.5) is 5.82 Å². The molecule has 3 rings (SSSR count). The minimum absolute atomic E-state index is 0.0185. The van der Waals surface area contributed by atoms with Crippen molar-refractivity contribution in [1.29, 1.82) is 0 Å². The molecule has 1 heterocycles. The zero-order valence-corrected chi connectivity index (χ0v) is 17.2. The molecule has 0 atom stereocenters. The predicted octanol–water partition coefficient (Wildman–Crippen LogP) is 5.17. The Labute approximate surface area is 172 Å². The Balaban J connectivity index is 1.35. The molecule has 2 aromatic rings. The first-order valence-electron chi connectivity index (χ1n) is 10.8. The number of amides is 1. The molecule has 0 radical (unpaired) electrons. The lowest BCUT2D eigenvalue weighted by molar-refractivity contribution is -0.116. The van der Waals surface area contributed by atoms with Gasteiger partial charge in [0.15, 0.2) is 5.78 Å². The van der Waals surface area contributed by atoms with Gasteiger partial charge in [-0.1, -0.05) is 26.2 Å². The Bertz CT molecular complexity index is 792. The van der Waals surface area contributed by atoms with E-state index in [2.05, 4.69) is 10.4 Å². The molecule has 1 aliphatic carbocycles. The number of unbranched alkanes of at least 4 members (excludes halogenated alkanes) is 1. The number of Topliss-reactive ketones (excluding diaryl/α,β-unsaturated/α-hetero) is 1. The number of hydrogen-bond acceptors (Lipinski definition) is 4. The van der Waals surface area contributed by atoms with Crippen molar-refractivity contribution in [2.24, 2.45) is 0 Å². The van der Waals surface area contributed by atoms with Gasteiger partial charge in [0.2, 0.25) is 5.91 Å². The number of aromatic nitrogens is 2. The number of nitrogens with one attached hydrogen (secondary N) is 1. The molecule has 0 saturated heterocycles. The van der Waals surface area contributed by atoms with E-state index >= 15 is 0 Å². The van der Waals surface area contributed by atoms with Crippen LogP contribution in [0.1, 0.15) is 81.1 Å². The fraction of sp³-hybridized carbons (Fsp3) is 0.522. The second-order valence-corrected chi connectivity index (χ2v) is 7.61. The summed E-state index contributed by atoms with van der Waals surface area (Å²) in [5.41, 5.74) is 0.712. The van der Waals surface area contributed by atoms with Crippen LogP contribution in [0.25, 0.3) is 0 Å². The molecule has 1 saturated carbocycles. The first-order valence-corrected chi connectivity index (χ1v) is 10.8. The van der Waals surface area contributed by atoms with Crippen LogP contribution in [-0.4, -0.2) is 28.1 Å². The Morgan fingerprint density at radius 3 is 2.59 bits per heavy atom. The number of ketones is 1.